The number of carbonyl (C=O) groups excluding carboxylic acids is 3. The minimum absolute atomic E-state index is 0.0955. The van der Waals surface area contributed by atoms with Crippen molar-refractivity contribution >= 4 is 18.5 Å². The lowest BCUT2D eigenvalue weighted by Gasteiger charge is -2.36. The van der Waals surface area contributed by atoms with E-state index in [0.29, 0.717) is 24.0 Å². The zero-order valence-electron chi connectivity index (χ0n) is 15.8. The van der Waals surface area contributed by atoms with Crippen LogP contribution >= 0.6 is 0 Å². The van der Waals surface area contributed by atoms with Crippen molar-refractivity contribution in [2.45, 2.75) is 32.2 Å². The van der Waals surface area contributed by atoms with Gasteiger partial charge >= 0.3 is 0 Å². The number of piperidine rings is 1. The largest absolute Gasteiger partial charge is 0.507 e. The molecule has 0 radical (unpaired) electrons. The van der Waals surface area contributed by atoms with Crippen LogP contribution < -0.4 is 4.74 Å². The smallest absolute Gasteiger partial charge is 0.254 e. The zero-order chi connectivity index (χ0) is 20.1. The van der Waals surface area contributed by atoms with Gasteiger partial charge in [0.15, 0.2) is 12.6 Å². The summed E-state index contributed by atoms with van der Waals surface area (Å²) >= 11 is 0. The van der Waals surface area contributed by atoms with E-state index in [9.17, 15) is 19.5 Å². The predicted octanol–water partition coefficient (Wildman–Crippen LogP) is 3.40. The SMILES string of the molecule is Cc1cccc(C(=O)N2CCCCC2COc2cccc(O)c2C=O)c1C=O. The van der Waals surface area contributed by atoms with Crippen LogP contribution in [0, 0.1) is 6.92 Å². The van der Waals surface area contributed by atoms with Gasteiger partial charge in [0, 0.05) is 12.1 Å². The Morgan fingerprint density at radius 1 is 1.14 bits per heavy atom. The fraction of sp³-hybridized carbons (Fsp3) is 0.318. The number of benzene rings is 2. The molecular weight excluding hydrogens is 358 g/mol. The summed E-state index contributed by atoms with van der Waals surface area (Å²) in [6, 6.07) is 9.71. The van der Waals surface area contributed by atoms with Crippen molar-refractivity contribution in [3.05, 3.63) is 58.7 Å². The Hall–Kier alpha value is -3.15. The van der Waals surface area contributed by atoms with Gasteiger partial charge in [-0.05, 0) is 49.9 Å². The van der Waals surface area contributed by atoms with Crippen LogP contribution in [0.3, 0.4) is 0 Å². The van der Waals surface area contributed by atoms with Crippen LogP contribution in [0.2, 0.25) is 0 Å². The lowest BCUT2D eigenvalue weighted by Crippen LogP contribution is -2.47. The summed E-state index contributed by atoms with van der Waals surface area (Å²) in [4.78, 5) is 37.6. The monoisotopic (exact) mass is 381 g/mol. The standard InChI is InChI=1S/C22H23NO5/c1-15-6-4-8-17(18(15)12-24)22(27)23-11-3-2-7-16(23)14-28-21-10-5-9-20(26)19(21)13-25/h4-6,8-10,12-13,16,26H,2-3,7,11,14H2,1H3. The molecule has 1 aliphatic rings. The molecule has 1 N–H and O–H groups in total. The highest BCUT2D eigenvalue weighted by Gasteiger charge is 2.29. The first kappa shape index (κ1) is 19.6. The van der Waals surface area contributed by atoms with Crippen LogP contribution in [0.25, 0.3) is 0 Å². The van der Waals surface area contributed by atoms with Crippen LogP contribution in [0.1, 0.15) is 55.9 Å². The van der Waals surface area contributed by atoms with Crippen molar-refractivity contribution in [3.8, 4) is 11.5 Å². The molecule has 146 valence electrons. The summed E-state index contributed by atoms with van der Waals surface area (Å²) in [6.07, 6.45) is 3.89. The Labute approximate surface area is 163 Å². The van der Waals surface area contributed by atoms with Crippen molar-refractivity contribution in [1.29, 1.82) is 0 Å². The minimum Gasteiger partial charge on any atom is -0.507 e. The number of hydrogen-bond acceptors (Lipinski definition) is 5. The molecule has 1 atom stereocenters. The Kier molecular flexibility index (Phi) is 6.09. The third kappa shape index (κ3) is 3.91. The number of aryl methyl sites for hydroxylation is 1. The normalized spacial score (nSPS) is 16.5. The molecule has 0 saturated carbocycles. The summed E-state index contributed by atoms with van der Waals surface area (Å²) in [5.74, 6) is -0.0396. The van der Waals surface area contributed by atoms with Crippen molar-refractivity contribution in [3.63, 3.8) is 0 Å². The first-order valence-electron chi connectivity index (χ1n) is 9.32. The molecule has 3 rings (SSSR count). The second-order valence-corrected chi connectivity index (χ2v) is 6.92. The van der Waals surface area contributed by atoms with E-state index in [4.69, 9.17) is 4.74 Å². The fourth-order valence-electron chi connectivity index (χ4n) is 3.58. The summed E-state index contributed by atoms with van der Waals surface area (Å²) in [7, 11) is 0. The number of likely N-dealkylation sites (tertiary alicyclic amines) is 1. The Morgan fingerprint density at radius 3 is 2.64 bits per heavy atom. The predicted molar refractivity (Wildman–Crippen MR) is 104 cm³/mol. The number of amides is 1. The molecule has 6 heteroatoms. The molecule has 2 aromatic rings. The van der Waals surface area contributed by atoms with Gasteiger partial charge in [-0.15, -0.1) is 0 Å². The molecule has 1 aliphatic heterocycles. The van der Waals surface area contributed by atoms with Gasteiger partial charge in [-0.2, -0.15) is 0 Å². The van der Waals surface area contributed by atoms with Crippen LogP contribution in [-0.4, -0.2) is 47.7 Å². The maximum atomic E-state index is 13.1. The second kappa shape index (κ2) is 8.69. The Morgan fingerprint density at radius 2 is 1.89 bits per heavy atom. The van der Waals surface area contributed by atoms with E-state index < -0.39 is 0 Å². The Balaban J connectivity index is 1.81. The highest BCUT2D eigenvalue weighted by atomic mass is 16.5. The average molecular weight is 381 g/mol. The number of aromatic hydroxyl groups is 1. The first-order chi connectivity index (χ1) is 13.6. The maximum Gasteiger partial charge on any atom is 0.254 e. The number of ether oxygens (including phenoxy) is 1. The van der Waals surface area contributed by atoms with E-state index in [2.05, 4.69) is 0 Å². The van der Waals surface area contributed by atoms with Gasteiger partial charge in [0.2, 0.25) is 0 Å². The van der Waals surface area contributed by atoms with Crippen molar-refractivity contribution in [2.75, 3.05) is 13.2 Å². The first-order valence-corrected chi connectivity index (χ1v) is 9.32. The molecule has 2 aromatic carbocycles. The van der Waals surface area contributed by atoms with Crippen LogP contribution in [0.15, 0.2) is 36.4 Å². The molecule has 0 aromatic heterocycles. The molecule has 1 amide bonds. The topological polar surface area (TPSA) is 83.9 Å². The molecule has 0 spiro atoms. The van der Waals surface area contributed by atoms with Gasteiger partial charge in [-0.1, -0.05) is 18.2 Å². The van der Waals surface area contributed by atoms with Crippen LogP contribution in [0.5, 0.6) is 11.5 Å². The van der Waals surface area contributed by atoms with Gasteiger partial charge < -0.3 is 14.7 Å². The van der Waals surface area contributed by atoms with Gasteiger partial charge in [0.05, 0.1) is 17.2 Å². The summed E-state index contributed by atoms with van der Waals surface area (Å²) in [5, 5.41) is 9.79. The number of phenols is 1. The molecule has 1 unspecified atom stereocenters. The summed E-state index contributed by atoms with van der Waals surface area (Å²) in [5.41, 5.74) is 1.67. The molecule has 1 fully saturated rings. The van der Waals surface area contributed by atoms with Gasteiger partial charge in [-0.3, -0.25) is 14.4 Å². The third-order valence-corrected chi connectivity index (χ3v) is 5.15. The van der Waals surface area contributed by atoms with Crippen LogP contribution in [-0.2, 0) is 0 Å². The molecule has 28 heavy (non-hydrogen) atoms. The molecule has 1 saturated heterocycles. The second-order valence-electron chi connectivity index (χ2n) is 6.92. The van der Waals surface area contributed by atoms with E-state index in [1.807, 2.05) is 0 Å². The highest BCUT2D eigenvalue weighted by molar-refractivity contribution is 6.02. The van der Waals surface area contributed by atoms with Crippen molar-refractivity contribution in [2.24, 2.45) is 0 Å². The number of nitrogens with zero attached hydrogens (tertiary/aromatic N) is 1. The zero-order valence-corrected chi connectivity index (χ0v) is 15.8. The summed E-state index contributed by atoms with van der Waals surface area (Å²) < 4.78 is 5.79. The number of rotatable bonds is 6. The fourth-order valence-corrected chi connectivity index (χ4v) is 3.58. The van der Waals surface area contributed by atoms with Crippen LogP contribution in [0.4, 0.5) is 0 Å². The van der Waals surface area contributed by atoms with Crippen molar-refractivity contribution < 1.29 is 24.2 Å². The van der Waals surface area contributed by atoms with E-state index >= 15 is 0 Å². The molecule has 0 aliphatic carbocycles. The average Bonchev–Trinajstić information content (AvgIpc) is 2.71. The van der Waals surface area contributed by atoms with Gasteiger partial charge in [0.1, 0.15) is 18.1 Å². The highest BCUT2D eigenvalue weighted by Crippen LogP contribution is 2.27. The third-order valence-electron chi connectivity index (χ3n) is 5.15. The number of carbonyl (C=O) groups is 3. The lowest BCUT2D eigenvalue weighted by atomic mass is 9.98. The van der Waals surface area contributed by atoms with E-state index in [1.165, 1.54) is 6.07 Å². The van der Waals surface area contributed by atoms with Crippen molar-refractivity contribution in [1.82, 2.24) is 4.90 Å². The summed E-state index contributed by atoms with van der Waals surface area (Å²) in [6.45, 7) is 2.60. The number of phenolic OH excluding ortho intramolecular Hbond substituents is 1. The quantitative estimate of drug-likeness (QED) is 0.776. The van der Waals surface area contributed by atoms with Gasteiger partial charge in [-0.25, -0.2) is 0 Å². The van der Waals surface area contributed by atoms with Gasteiger partial charge in [0.25, 0.3) is 5.91 Å². The molecule has 1 heterocycles. The van der Waals surface area contributed by atoms with E-state index in [-0.39, 0.29) is 35.6 Å². The van der Waals surface area contributed by atoms with E-state index in [0.717, 1.165) is 31.1 Å². The molecular formula is C22H23NO5. The minimum atomic E-state index is -0.189. The lowest BCUT2D eigenvalue weighted by molar-refractivity contribution is 0.0525. The Bertz CT molecular complexity index is 892. The molecule has 0 bridgehead atoms. The number of hydrogen-bond donors (Lipinski definition) is 1. The maximum absolute atomic E-state index is 13.1. The van der Waals surface area contributed by atoms with E-state index in [1.54, 1.807) is 42.2 Å². The molecule has 6 nitrogen and oxygen atoms in total. The number of aldehydes is 2.